The molecule has 1 amide bonds. The highest BCUT2D eigenvalue weighted by Gasteiger charge is 2.51. The maximum Gasteiger partial charge on any atom is 0.338 e. The third-order valence-electron chi connectivity index (χ3n) is 7.38. The molecule has 5 rings (SSSR count). The van der Waals surface area contributed by atoms with Gasteiger partial charge in [0, 0.05) is 0 Å². The number of hydrogen-bond donors (Lipinski definition) is 1. The maximum atomic E-state index is 13.5. The average molecular weight is 699 g/mol. The van der Waals surface area contributed by atoms with Crippen LogP contribution in [0.25, 0.3) is 0 Å². The summed E-state index contributed by atoms with van der Waals surface area (Å²) in [5.74, 6) is -1.64. The first-order valence-corrected chi connectivity index (χ1v) is 16.1. The Hall–Kier alpha value is -3.47. The van der Waals surface area contributed by atoms with Gasteiger partial charge in [0.2, 0.25) is 0 Å². The lowest BCUT2D eigenvalue weighted by molar-refractivity contribution is -0.265. The lowest BCUT2D eigenvalue weighted by atomic mass is 9.96. The third-order valence-corrected chi connectivity index (χ3v) is 7.90. The van der Waals surface area contributed by atoms with Crippen LogP contribution in [0.5, 0.6) is 0 Å². The number of carbonyl (C=O) groups is 2. The first kappa shape index (κ1) is 34.9. The molecule has 1 saturated heterocycles. The lowest BCUT2D eigenvalue weighted by Crippen LogP contribution is -2.66. The Morgan fingerprint density at radius 1 is 0.638 bits per heavy atom. The van der Waals surface area contributed by atoms with E-state index in [0.717, 1.165) is 16.7 Å². The minimum Gasteiger partial charge on any atom is -0.451 e. The molecule has 1 aliphatic rings. The van der Waals surface area contributed by atoms with Gasteiger partial charge < -0.3 is 29.0 Å². The Morgan fingerprint density at radius 2 is 1.11 bits per heavy atom. The molecule has 4 aromatic rings. The molecule has 8 nitrogen and oxygen atoms in total. The van der Waals surface area contributed by atoms with Crippen molar-refractivity contribution in [3.8, 4) is 0 Å². The normalized spacial score (nSPS) is 21.1. The highest BCUT2D eigenvalue weighted by Crippen LogP contribution is 2.32. The summed E-state index contributed by atoms with van der Waals surface area (Å²) in [6.45, 7) is 0.664. The predicted molar refractivity (Wildman–Crippen MR) is 179 cm³/mol. The van der Waals surface area contributed by atoms with Crippen molar-refractivity contribution in [2.45, 2.75) is 54.3 Å². The minimum atomic E-state index is -2.32. The number of nitrogens with one attached hydrogen (secondary N) is 1. The van der Waals surface area contributed by atoms with E-state index < -0.39 is 46.3 Å². The summed E-state index contributed by atoms with van der Waals surface area (Å²) >= 11 is 17.8. The zero-order valence-corrected chi connectivity index (χ0v) is 27.5. The SMILES string of the molecule is O=C(O[C@@H]1[C@@H](OCc2ccccc2)[C@@H](OCc2ccccc2)[C@@H](COCc2ccccc2)O[C@H]1NC(=O)C(Cl)(Cl)Cl)c1ccccc1. The van der Waals surface area contributed by atoms with E-state index >= 15 is 0 Å². The number of carbonyl (C=O) groups excluding carboxylic acids is 2. The van der Waals surface area contributed by atoms with E-state index in [-0.39, 0.29) is 25.4 Å². The van der Waals surface area contributed by atoms with Crippen LogP contribution < -0.4 is 5.32 Å². The first-order valence-electron chi connectivity index (χ1n) is 15.0. The van der Waals surface area contributed by atoms with Gasteiger partial charge in [-0.1, -0.05) is 144 Å². The molecule has 1 heterocycles. The van der Waals surface area contributed by atoms with Crippen LogP contribution in [0.15, 0.2) is 121 Å². The number of alkyl halides is 3. The minimum absolute atomic E-state index is 0.0407. The van der Waals surface area contributed by atoms with Crippen molar-refractivity contribution in [2.24, 2.45) is 0 Å². The number of rotatable bonds is 13. The number of halogens is 3. The van der Waals surface area contributed by atoms with Gasteiger partial charge in [0.15, 0.2) is 12.3 Å². The number of benzene rings is 4. The summed E-state index contributed by atoms with van der Waals surface area (Å²) < 4.78 is 29.3. The Balaban J connectivity index is 1.49. The molecule has 11 heteroatoms. The van der Waals surface area contributed by atoms with Crippen LogP contribution in [-0.4, -0.2) is 52.9 Å². The van der Waals surface area contributed by atoms with Crippen LogP contribution in [0.3, 0.4) is 0 Å². The molecule has 0 aliphatic carbocycles. The zero-order chi connectivity index (χ0) is 33.1. The van der Waals surface area contributed by atoms with E-state index in [4.69, 9.17) is 58.5 Å². The summed E-state index contributed by atoms with van der Waals surface area (Å²) in [5, 5.41) is 2.60. The molecule has 0 bridgehead atoms. The van der Waals surface area contributed by atoms with E-state index in [0.29, 0.717) is 6.61 Å². The van der Waals surface area contributed by atoms with Gasteiger partial charge in [-0.3, -0.25) is 4.79 Å². The second-order valence-corrected chi connectivity index (χ2v) is 13.1. The van der Waals surface area contributed by atoms with Crippen molar-refractivity contribution in [3.63, 3.8) is 0 Å². The van der Waals surface area contributed by atoms with Gasteiger partial charge in [0.25, 0.3) is 9.70 Å². The maximum absolute atomic E-state index is 13.5. The Kier molecular flexibility index (Phi) is 12.7. The Morgan fingerprint density at radius 3 is 1.62 bits per heavy atom. The van der Waals surface area contributed by atoms with Gasteiger partial charge >= 0.3 is 5.97 Å². The quantitative estimate of drug-likeness (QED) is 0.121. The summed E-state index contributed by atoms with van der Waals surface area (Å²) in [6.07, 6.45) is -5.13. The average Bonchev–Trinajstić information content (AvgIpc) is 3.09. The fraction of sp³-hybridized carbons (Fsp3) is 0.278. The second kappa shape index (κ2) is 17.1. The molecule has 1 fully saturated rings. The third kappa shape index (κ3) is 10.3. The molecule has 0 aromatic heterocycles. The van der Waals surface area contributed by atoms with Crippen molar-refractivity contribution in [1.29, 1.82) is 0 Å². The molecule has 0 spiro atoms. The number of ether oxygens (including phenoxy) is 5. The molecule has 1 aliphatic heterocycles. The van der Waals surface area contributed by atoms with Gasteiger partial charge in [-0.15, -0.1) is 0 Å². The Labute approximate surface area is 288 Å². The van der Waals surface area contributed by atoms with Crippen molar-refractivity contribution < 1.29 is 33.3 Å². The predicted octanol–water partition coefficient (Wildman–Crippen LogP) is 6.81. The Bertz CT molecular complexity index is 1540. The van der Waals surface area contributed by atoms with Crippen molar-refractivity contribution in [1.82, 2.24) is 5.32 Å². The van der Waals surface area contributed by atoms with Crippen molar-refractivity contribution in [3.05, 3.63) is 144 Å². The topological polar surface area (TPSA) is 92.3 Å². The molecular formula is C36H34Cl3NO7. The van der Waals surface area contributed by atoms with Crippen LogP contribution in [0.1, 0.15) is 27.0 Å². The van der Waals surface area contributed by atoms with Crippen LogP contribution in [0.2, 0.25) is 0 Å². The molecule has 1 N–H and O–H groups in total. The molecule has 5 atom stereocenters. The van der Waals surface area contributed by atoms with E-state index in [2.05, 4.69) is 5.32 Å². The van der Waals surface area contributed by atoms with Crippen molar-refractivity contribution in [2.75, 3.05) is 6.61 Å². The van der Waals surface area contributed by atoms with Gasteiger partial charge in [-0.2, -0.15) is 0 Å². The highest BCUT2D eigenvalue weighted by atomic mass is 35.6. The van der Waals surface area contributed by atoms with Crippen molar-refractivity contribution >= 4 is 46.7 Å². The number of amides is 1. The summed E-state index contributed by atoms with van der Waals surface area (Å²) in [5.41, 5.74) is 3.02. The molecule has 0 saturated carbocycles. The summed E-state index contributed by atoms with van der Waals surface area (Å²) in [4.78, 5) is 26.5. The zero-order valence-electron chi connectivity index (χ0n) is 25.3. The number of esters is 1. The second-order valence-electron chi connectivity index (χ2n) is 10.8. The van der Waals surface area contributed by atoms with Crippen LogP contribution in [0.4, 0.5) is 0 Å². The molecule has 0 radical (unpaired) electrons. The number of hydrogen-bond acceptors (Lipinski definition) is 7. The van der Waals surface area contributed by atoms with Gasteiger partial charge in [-0.25, -0.2) is 4.79 Å². The molecule has 4 aromatic carbocycles. The largest absolute Gasteiger partial charge is 0.451 e. The fourth-order valence-electron chi connectivity index (χ4n) is 5.06. The van der Waals surface area contributed by atoms with Crippen LogP contribution in [-0.2, 0) is 48.3 Å². The van der Waals surface area contributed by atoms with Gasteiger partial charge in [-0.05, 0) is 28.8 Å². The van der Waals surface area contributed by atoms with Crippen LogP contribution in [0, 0.1) is 0 Å². The van der Waals surface area contributed by atoms with E-state index in [1.165, 1.54) is 0 Å². The summed E-state index contributed by atoms with van der Waals surface area (Å²) in [7, 11) is 0. The molecular weight excluding hydrogens is 665 g/mol. The van der Waals surface area contributed by atoms with Gasteiger partial charge in [0.1, 0.15) is 18.3 Å². The lowest BCUT2D eigenvalue weighted by Gasteiger charge is -2.46. The molecule has 0 unspecified atom stereocenters. The highest BCUT2D eigenvalue weighted by molar-refractivity contribution is 6.76. The fourth-order valence-corrected chi connectivity index (χ4v) is 5.23. The summed E-state index contributed by atoms with van der Waals surface area (Å²) in [6, 6.07) is 37.2. The van der Waals surface area contributed by atoms with Gasteiger partial charge in [0.05, 0.1) is 32.0 Å². The monoisotopic (exact) mass is 697 g/mol. The van der Waals surface area contributed by atoms with E-state index in [9.17, 15) is 9.59 Å². The standard InChI is InChI=1S/C36H34Cl3NO7/c37-36(38,39)35(42)40-33-32(47-34(41)28-19-11-4-12-20-28)31(45-23-27-17-9-3-10-18-27)30(44-22-26-15-7-2-8-16-26)29(46-33)24-43-21-25-13-5-1-6-14-25/h1-20,29-33H,21-24H2,(H,40,42)/t29-,30+,31+,32-,33-/m1/s1. The van der Waals surface area contributed by atoms with E-state index in [1.54, 1.807) is 30.3 Å². The van der Waals surface area contributed by atoms with Crippen LogP contribution >= 0.6 is 34.8 Å². The smallest absolute Gasteiger partial charge is 0.338 e. The first-order chi connectivity index (χ1) is 22.8. The molecule has 246 valence electrons. The molecule has 47 heavy (non-hydrogen) atoms. The van der Waals surface area contributed by atoms with E-state index in [1.807, 2.05) is 91.0 Å².